The van der Waals surface area contributed by atoms with E-state index in [1.54, 1.807) is 0 Å². The van der Waals surface area contributed by atoms with Gasteiger partial charge in [-0.15, -0.1) is 0 Å². The van der Waals surface area contributed by atoms with E-state index in [-0.39, 0.29) is 0 Å². The molecular weight excluding hydrogens is 1050 g/mol. The van der Waals surface area contributed by atoms with Crippen molar-refractivity contribution in [1.82, 2.24) is 4.57 Å². The maximum atomic E-state index is 2.57. The summed E-state index contributed by atoms with van der Waals surface area (Å²) in [6.07, 6.45) is 13.4. The maximum Gasteiger partial charge on any atom is 0.0726 e. The molecule has 0 atom stereocenters. The first-order valence-corrected chi connectivity index (χ1v) is 32.0. The van der Waals surface area contributed by atoms with Crippen LogP contribution >= 0.6 is 0 Å². The van der Waals surface area contributed by atoms with Gasteiger partial charge < -0.3 is 9.47 Å². The smallest absolute Gasteiger partial charge is 0.0726 e. The lowest BCUT2D eigenvalue weighted by atomic mass is 9.70. The Balaban J connectivity index is 0.748. The van der Waals surface area contributed by atoms with Gasteiger partial charge in [0.1, 0.15) is 0 Å². The number of nitrogens with zero attached hydrogens (tertiary/aromatic N) is 2. The molecule has 0 N–H and O–H groups in total. The van der Waals surface area contributed by atoms with E-state index >= 15 is 0 Å². The van der Waals surface area contributed by atoms with Crippen LogP contribution in [0.15, 0.2) is 279 Å². The monoisotopic (exact) mass is 1120 g/mol. The largest absolute Gasteiger partial charge is 0.309 e. The predicted octanol–water partition coefficient (Wildman–Crippen LogP) is 23.4. The number of anilines is 3. The van der Waals surface area contributed by atoms with Gasteiger partial charge in [0.25, 0.3) is 0 Å². The summed E-state index contributed by atoms with van der Waals surface area (Å²) in [4.78, 5) is 2.54. The highest BCUT2D eigenvalue weighted by atomic mass is 15.1. The Morgan fingerprint density at radius 2 is 0.678 bits per heavy atom. The molecule has 2 fully saturated rings. The van der Waals surface area contributed by atoms with Crippen molar-refractivity contribution in [2.75, 3.05) is 4.90 Å². The van der Waals surface area contributed by atoms with Gasteiger partial charge in [-0.2, -0.15) is 0 Å². The summed E-state index contributed by atoms with van der Waals surface area (Å²) in [5.74, 6) is 1.34. The second-order valence-corrected chi connectivity index (χ2v) is 25.1. The minimum Gasteiger partial charge on any atom is -0.309 e. The van der Waals surface area contributed by atoms with Crippen molar-refractivity contribution in [3.8, 4) is 72.4 Å². The molecule has 418 valence electrons. The maximum absolute atomic E-state index is 2.57. The third-order valence-corrected chi connectivity index (χ3v) is 20.4. The van der Waals surface area contributed by atoms with Crippen molar-refractivity contribution in [2.24, 2.45) is 0 Å². The highest BCUT2D eigenvalue weighted by Crippen LogP contribution is 2.64. The average molecular weight is 1120 g/mol. The number of para-hydroxylation sites is 1. The number of fused-ring (bicyclic) bond motifs is 13. The fraction of sp³-hybridized carbons (Fsp3) is 0.153. The molecule has 1 spiro atoms. The van der Waals surface area contributed by atoms with Gasteiger partial charge in [-0.05, 0) is 187 Å². The number of rotatable bonds is 10. The molecule has 4 aliphatic rings. The molecule has 2 saturated carbocycles. The summed E-state index contributed by atoms with van der Waals surface area (Å²) in [6, 6.07) is 106. The Hall–Kier alpha value is -9.76. The van der Waals surface area contributed by atoms with Crippen LogP contribution in [0, 0.1) is 0 Å². The molecule has 4 aliphatic carbocycles. The molecule has 87 heavy (non-hydrogen) atoms. The van der Waals surface area contributed by atoms with Crippen LogP contribution in [-0.4, -0.2) is 4.57 Å². The van der Waals surface area contributed by atoms with Gasteiger partial charge in [-0.1, -0.05) is 257 Å². The fourth-order valence-corrected chi connectivity index (χ4v) is 16.3. The first kappa shape index (κ1) is 51.6. The Kier molecular flexibility index (Phi) is 12.7. The molecule has 1 heterocycles. The van der Waals surface area contributed by atoms with E-state index in [0.717, 1.165) is 17.1 Å². The summed E-state index contributed by atoms with van der Waals surface area (Å²) < 4.78 is 2.52. The number of benzene rings is 12. The lowest BCUT2D eigenvalue weighted by molar-refractivity contribution is 0.444. The van der Waals surface area contributed by atoms with E-state index in [0.29, 0.717) is 11.8 Å². The summed E-state index contributed by atoms with van der Waals surface area (Å²) in [5.41, 5.74) is 29.7. The van der Waals surface area contributed by atoms with Gasteiger partial charge in [0, 0.05) is 39.0 Å². The van der Waals surface area contributed by atoms with E-state index < -0.39 is 5.41 Å². The predicted molar refractivity (Wildman–Crippen MR) is 365 cm³/mol. The van der Waals surface area contributed by atoms with Gasteiger partial charge in [0.2, 0.25) is 0 Å². The van der Waals surface area contributed by atoms with Gasteiger partial charge in [0.05, 0.1) is 22.1 Å². The van der Waals surface area contributed by atoms with Crippen LogP contribution in [0.1, 0.15) is 109 Å². The third kappa shape index (κ3) is 8.51. The number of hydrogen-bond donors (Lipinski definition) is 0. The number of hydrogen-bond acceptors (Lipinski definition) is 1. The molecule has 0 aliphatic heterocycles. The Labute approximate surface area is 511 Å². The molecule has 0 radical (unpaired) electrons. The van der Waals surface area contributed by atoms with E-state index in [1.165, 1.54) is 192 Å². The summed E-state index contributed by atoms with van der Waals surface area (Å²) in [7, 11) is 0. The summed E-state index contributed by atoms with van der Waals surface area (Å²) in [6.45, 7) is 0. The normalized spacial score (nSPS) is 15.1. The minimum absolute atomic E-state index is 0.483. The molecule has 13 aromatic rings. The quantitative estimate of drug-likeness (QED) is 0.132. The first-order valence-electron chi connectivity index (χ1n) is 32.0. The van der Waals surface area contributed by atoms with Gasteiger partial charge in [-0.3, -0.25) is 0 Å². The average Bonchev–Trinajstić information content (AvgIpc) is 1.53. The van der Waals surface area contributed by atoms with Crippen LogP contribution in [0.2, 0.25) is 0 Å². The molecule has 2 nitrogen and oxygen atoms in total. The standard InChI is InChI=1S/C85H68N2/c1-5-20-57(21-6-1)65-44-52-82-76(54-65)77-55-66(58-22-7-2-8-23-58)45-53-83(77)87(82)68-48-42-62(43-49-68)60-38-36-59(37-39-60)61-40-46-67(47-41-61)86(84-70(63-24-9-3-10-25-63)31-19-32-71(84)64-26-11-4-12-27-64)69-50-51-75-74-30-15-18-35-80(74)85(81(75)56-69)78-33-16-13-28-72(78)73-29-14-17-34-79(73)85/h3-4,9-19,24-58H,1-2,5-8,20-23H2. The molecule has 0 saturated heterocycles. The Bertz CT molecular complexity index is 4530. The van der Waals surface area contributed by atoms with Crippen molar-refractivity contribution in [1.29, 1.82) is 0 Å². The lowest BCUT2D eigenvalue weighted by Gasteiger charge is -2.33. The molecule has 17 rings (SSSR count). The summed E-state index contributed by atoms with van der Waals surface area (Å²) >= 11 is 0. The zero-order chi connectivity index (χ0) is 57.4. The highest BCUT2D eigenvalue weighted by Gasteiger charge is 2.51. The Morgan fingerprint density at radius 1 is 0.287 bits per heavy atom. The summed E-state index contributed by atoms with van der Waals surface area (Å²) in [5, 5.41) is 2.81. The topological polar surface area (TPSA) is 8.17 Å². The second-order valence-electron chi connectivity index (χ2n) is 25.1. The Morgan fingerprint density at radius 3 is 1.15 bits per heavy atom. The van der Waals surface area contributed by atoms with E-state index in [1.807, 2.05) is 0 Å². The van der Waals surface area contributed by atoms with Crippen molar-refractivity contribution < 1.29 is 0 Å². The molecule has 0 bridgehead atoms. The zero-order valence-electron chi connectivity index (χ0n) is 49.2. The highest BCUT2D eigenvalue weighted by molar-refractivity contribution is 6.10. The van der Waals surface area contributed by atoms with E-state index in [9.17, 15) is 0 Å². The molecule has 0 amide bonds. The van der Waals surface area contributed by atoms with E-state index in [2.05, 4.69) is 289 Å². The van der Waals surface area contributed by atoms with Crippen LogP contribution in [0.3, 0.4) is 0 Å². The zero-order valence-corrected chi connectivity index (χ0v) is 49.2. The van der Waals surface area contributed by atoms with Crippen LogP contribution in [-0.2, 0) is 5.41 Å². The van der Waals surface area contributed by atoms with Crippen molar-refractivity contribution in [3.05, 3.63) is 312 Å². The molecule has 1 aromatic heterocycles. The van der Waals surface area contributed by atoms with Crippen LogP contribution in [0.25, 0.3) is 94.3 Å². The van der Waals surface area contributed by atoms with Crippen molar-refractivity contribution >= 4 is 38.9 Å². The molecule has 0 unspecified atom stereocenters. The second kappa shape index (κ2) is 21.3. The SMILES string of the molecule is c1ccc(-c2cccc(-c3ccccc3)c2N(c2ccc(-c3ccc(-c4ccc(-n5c6ccc(C7CCCCC7)cc6c6cc(C7CCCCC7)ccc65)cc4)cc3)cc2)c2ccc3c(c2)C2(c4ccccc4-c4ccccc42)c2ccccc2-3)cc1. The van der Waals surface area contributed by atoms with E-state index in [4.69, 9.17) is 0 Å². The van der Waals surface area contributed by atoms with Crippen LogP contribution < -0.4 is 4.90 Å². The van der Waals surface area contributed by atoms with Crippen LogP contribution in [0.4, 0.5) is 17.1 Å². The van der Waals surface area contributed by atoms with Crippen molar-refractivity contribution in [2.45, 2.75) is 81.5 Å². The number of aromatic nitrogens is 1. The van der Waals surface area contributed by atoms with Gasteiger partial charge in [0.15, 0.2) is 0 Å². The first-order chi connectivity index (χ1) is 43.2. The molecule has 12 aromatic carbocycles. The molecule has 2 heteroatoms. The van der Waals surface area contributed by atoms with Crippen molar-refractivity contribution in [3.63, 3.8) is 0 Å². The lowest BCUT2D eigenvalue weighted by Crippen LogP contribution is -2.26. The van der Waals surface area contributed by atoms with Crippen LogP contribution in [0.5, 0.6) is 0 Å². The van der Waals surface area contributed by atoms with Gasteiger partial charge in [-0.25, -0.2) is 0 Å². The third-order valence-electron chi connectivity index (χ3n) is 20.4. The van der Waals surface area contributed by atoms with Gasteiger partial charge >= 0.3 is 0 Å². The molecular formula is C85H68N2. The minimum atomic E-state index is -0.483. The fourth-order valence-electron chi connectivity index (χ4n) is 16.3.